The van der Waals surface area contributed by atoms with Crippen molar-refractivity contribution in [3.05, 3.63) is 76.3 Å². The Balaban J connectivity index is 1.42. The van der Waals surface area contributed by atoms with Gasteiger partial charge in [0, 0.05) is 17.1 Å². The highest BCUT2D eigenvalue weighted by atomic mass is 35.5. The molecule has 1 aliphatic rings. The molecule has 0 unspecified atom stereocenters. The Bertz CT molecular complexity index is 1020. The Morgan fingerprint density at radius 3 is 2.86 bits per heavy atom. The van der Waals surface area contributed by atoms with Crippen molar-refractivity contribution in [2.75, 3.05) is 5.32 Å². The van der Waals surface area contributed by atoms with Crippen LogP contribution in [0.3, 0.4) is 0 Å². The number of halogens is 1. The molecule has 0 saturated heterocycles. The van der Waals surface area contributed by atoms with Crippen molar-refractivity contribution in [1.29, 1.82) is 0 Å². The lowest BCUT2D eigenvalue weighted by Crippen LogP contribution is -2.43. The van der Waals surface area contributed by atoms with Crippen molar-refractivity contribution in [1.82, 2.24) is 20.5 Å². The summed E-state index contributed by atoms with van der Waals surface area (Å²) in [5.74, 6) is -0.151. The standard InChI is InChI=1S/C20H18ClN5O2/c21-14-7-9-15-13(11-14)6-8-16(19(27)22-15)23-20(28)18-24-17(25-26-18)10-12-4-2-1-3-5-12/h1-5,7,9,11,16H,6,8,10H2,(H,22,27)(H,23,28)(H,24,25,26)/t16-/m0/s1. The molecule has 0 bridgehead atoms. The first-order valence-corrected chi connectivity index (χ1v) is 9.31. The van der Waals surface area contributed by atoms with Gasteiger partial charge in [-0.1, -0.05) is 41.9 Å². The van der Waals surface area contributed by atoms with Crippen LogP contribution in [0.5, 0.6) is 0 Å². The Morgan fingerprint density at radius 1 is 1.21 bits per heavy atom. The molecule has 1 aliphatic heterocycles. The van der Waals surface area contributed by atoms with Gasteiger partial charge in [-0.25, -0.2) is 4.98 Å². The number of aromatic amines is 1. The molecule has 28 heavy (non-hydrogen) atoms. The molecule has 0 saturated carbocycles. The van der Waals surface area contributed by atoms with E-state index >= 15 is 0 Å². The maximum Gasteiger partial charge on any atom is 0.291 e. The van der Waals surface area contributed by atoms with Gasteiger partial charge >= 0.3 is 0 Å². The third-order valence-electron chi connectivity index (χ3n) is 4.60. The van der Waals surface area contributed by atoms with Crippen LogP contribution in [0.2, 0.25) is 5.02 Å². The van der Waals surface area contributed by atoms with Crippen LogP contribution < -0.4 is 10.6 Å². The summed E-state index contributed by atoms with van der Waals surface area (Å²) in [5.41, 5.74) is 2.72. The van der Waals surface area contributed by atoms with Crippen LogP contribution in [0.4, 0.5) is 5.69 Å². The van der Waals surface area contributed by atoms with E-state index in [4.69, 9.17) is 11.6 Å². The highest BCUT2D eigenvalue weighted by Gasteiger charge is 2.26. The number of fused-ring (bicyclic) bond motifs is 1. The number of rotatable bonds is 4. The zero-order chi connectivity index (χ0) is 19.5. The van der Waals surface area contributed by atoms with Gasteiger partial charge in [0.1, 0.15) is 11.9 Å². The lowest BCUT2D eigenvalue weighted by Gasteiger charge is -2.13. The molecule has 7 nitrogen and oxygen atoms in total. The van der Waals surface area contributed by atoms with Gasteiger partial charge in [-0.15, -0.1) is 5.10 Å². The molecule has 0 spiro atoms. The summed E-state index contributed by atoms with van der Waals surface area (Å²) >= 11 is 6.02. The predicted molar refractivity (Wildman–Crippen MR) is 105 cm³/mol. The summed E-state index contributed by atoms with van der Waals surface area (Å²) in [5, 5.41) is 12.9. The molecule has 2 aromatic carbocycles. The fraction of sp³-hybridized carbons (Fsp3) is 0.200. The molecule has 0 fully saturated rings. The van der Waals surface area contributed by atoms with Crippen molar-refractivity contribution >= 4 is 29.1 Å². The summed E-state index contributed by atoms with van der Waals surface area (Å²) < 4.78 is 0. The molecule has 142 valence electrons. The number of nitrogens with zero attached hydrogens (tertiary/aromatic N) is 2. The number of hydrogen-bond donors (Lipinski definition) is 3. The van der Waals surface area contributed by atoms with Crippen LogP contribution in [-0.4, -0.2) is 33.0 Å². The van der Waals surface area contributed by atoms with E-state index in [-0.39, 0.29) is 11.7 Å². The molecule has 0 radical (unpaired) electrons. The van der Waals surface area contributed by atoms with Crippen LogP contribution in [-0.2, 0) is 17.6 Å². The van der Waals surface area contributed by atoms with E-state index < -0.39 is 11.9 Å². The first kappa shape index (κ1) is 18.2. The number of aromatic nitrogens is 3. The van der Waals surface area contributed by atoms with Crippen LogP contribution in [0, 0.1) is 0 Å². The van der Waals surface area contributed by atoms with E-state index in [0.717, 1.165) is 11.1 Å². The highest BCUT2D eigenvalue weighted by Crippen LogP contribution is 2.25. The van der Waals surface area contributed by atoms with Gasteiger partial charge < -0.3 is 10.6 Å². The smallest absolute Gasteiger partial charge is 0.291 e. The van der Waals surface area contributed by atoms with Crippen molar-refractivity contribution in [2.45, 2.75) is 25.3 Å². The summed E-state index contributed by atoms with van der Waals surface area (Å²) in [7, 11) is 0. The molecule has 1 aromatic heterocycles. The van der Waals surface area contributed by atoms with E-state index in [1.807, 2.05) is 36.4 Å². The normalized spacial score (nSPS) is 16.0. The number of nitrogens with one attached hydrogen (secondary N) is 3. The SMILES string of the molecule is O=C(N[C@H]1CCc2cc(Cl)ccc2NC1=O)c1n[nH]c(Cc2ccccc2)n1. The van der Waals surface area contributed by atoms with E-state index in [9.17, 15) is 9.59 Å². The second-order valence-corrected chi connectivity index (χ2v) is 7.06. The fourth-order valence-corrected chi connectivity index (χ4v) is 3.36. The Hall–Kier alpha value is -3.19. The van der Waals surface area contributed by atoms with Crippen LogP contribution in [0.15, 0.2) is 48.5 Å². The Kier molecular flexibility index (Phi) is 5.08. The number of benzene rings is 2. The van der Waals surface area contributed by atoms with Crippen molar-refractivity contribution in [3.63, 3.8) is 0 Å². The molecule has 3 aromatic rings. The summed E-state index contributed by atoms with van der Waals surface area (Å²) in [4.78, 5) is 29.2. The maximum absolute atomic E-state index is 12.5. The molecule has 2 heterocycles. The van der Waals surface area contributed by atoms with E-state index in [1.54, 1.807) is 12.1 Å². The molecule has 8 heteroatoms. The number of carbonyl (C=O) groups is 2. The molecular formula is C20H18ClN5O2. The second kappa shape index (κ2) is 7.82. The minimum atomic E-state index is -0.672. The van der Waals surface area contributed by atoms with Crippen molar-refractivity contribution in [3.8, 4) is 0 Å². The highest BCUT2D eigenvalue weighted by molar-refractivity contribution is 6.30. The molecule has 1 atom stereocenters. The number of anilines is 1. The molecule has 0 aliphatic carbocycles. The first-order valence-electron chi connectivity index (χ1n) is 8.94. The zero-order valence-electron chi connectivity index (χ0n) is 14.9. The second-order valence-electron chi connectivity index (χ2n) is 6.62. The Labute approximate surface area is 166 Å². The number of carbonyl (C=O) groups excluding carboxylic acids is 2. The molecule has 4 rings (SSSR count). The van der Waals surface area contributed by atoms with Gasteiger partial charge in [-0.3, -0.25) is 14.7 Å². The van der Waals surface area contributed by atoms with Crippen molar-refractivity contribution in [2.24, 2.45) is 0 Å². The van der Waals surface area contributed by atoms with Crippen LogP contribution in [0.25, 0.3) is 0 Å². The van der Waals surface area contributed by atoms with Gasteiger partial charge in [0.15, 0.2) is 0 Å². The van der Waals surface area contributed by atoms with Crippen molar-refractivity contribution < 1.29 is 9.59 Å². The minimum Gasteiger partial charge on any atom is -0.337 e. The average molecular weight is 396 g/mol. The van der Waals surface area contributed by atoms with Gasteiger partial charge in [-0.05, 0) is 42.2 Å². The topological polar surface area (TPSA) is 99.8 Å². The van der Waals surface area contributed by atoms with Gasteiger partial charge in [0.05, 0.1) is 0 Å². The van der Waals surface area contributed by atoms with E-state index in [1.165, 1.54) is 0 Å². The fourth-order valence-electron chi connectivity index (χ4n) is 3.17. The predicted octanol–water partition coefficient (Wildman–Crippen LogP) is 2.73. The molecule has 3 N–H and O–H groups in total. The van der Waals surface area contributed by atoms with E-state index in [2.05, 4.69) is 25.8 Å². The lowest BCUT2D eigenvalue weighted by atomic mass is 10.1. The zero-order valence-corrected chi connectivity index (χ0v) is 15.7. The number of hydrogen-bond acceptors (Lipinski definition) is 4. The quantitative estimate of drug-likeness (QED) is 0.632. The molecular weight excluding hydrogens is 378 g/mol. The Morgan fingerprint density at radius 2 is 2.04 bits per heavy atom. The summed E-state index contributed by atoms with van der Waals surface area (Å²) in [6.45, 7) is 0. The monoisotopic (exact) mass is 395 g/mol. The first-order chi connectivity index (χ1) is 13.6. The third-order valence-corrected chi connectivity index (χ3v) is 4.83. The van der Waals surface area contributed by atoms with Gasteiger partial charge in [-0.2, -0.15) is 0 Å². The van der Waals surface area contributed by atoms with Crippen LogP contribution >= 0.6 is 11.6 Å². The number of H-pyrrole nitrogens is 1. The average Bonchev–Trinajstić information content (AvgIpc) is 3.10. The van der Waals surface area contributed by atoms with Gasteiger partial charge in [0.2, 0.25) is 11.7 Å². The summed E-state index contributed by atoms with van der Waals surface area (Å²) in [6.07, 6.45) is 1.63. The minimum absolute atomic E-state index is 0.0172. The molecule has 2 amide bonds. The number of amides is 2. The van der Waals surface area contributed by atoms with Gasteiger partial charge in [0.25, 0.3) is 5.91 Å². The lowest BCUT2D eigenvalue weighted by molar-refractivity contribution is -0.118. The summed E-state index contributed by atoms with van der Waals surface area (Å²) in [6, 6.07) is 14.4. The van der Waals surface area contributed by atoms with E-state index in [0.29, 0.717) is 35.8 Å². The maximum atomic E-state index is 12.5. The van der Waals surface area contributed by atoms with Crippen LogP contribution in [0.1, 0.15) is 34.0 Å². The third kappa shape index (κ3) is 4.04. The number of aryl methyl sites for hydroxylation is 1. The largest absolute Gasteiger partial charge is 0.337 e.